The van der Waals surface area contributed by atoms with E-state index in [1.807, 2.05) is 18.2 Å². The summed E-state index contributed by atoms with van der Waals surface area (Å²) >= 11 is 7.92. The second kappa shape index (κ2) is 13.2. The summed E-state index contributed by atoms with van der Waals surface area (Å²) in [5.41, 5.74) is 3.12. The number of carboxylic acid groups (broad SMARTS) is 1. The minimum Gasteiger partial charge on any atom is -0.493 e. The molecule has 0 fully saturated rings. The van der Waals surface area contributed by atoms with E-state index in [1.54, 1.807) is 17.8 Å². The summed E-state index contributed by atoms with van der Waals surface area (Å²) in [6.45, 7) is 2.77. The van der Waals surface area contributed by atoms with Gasteiger partial charge in [-0.25, -0.2) is 0 Å². The number of nitrogens with zero attached hydrogens (tertiary/aromatic N) is 1. The van der Waals surface area contributed by atoms with Gasteiger partial charge in [-0.3, -0.25) is 4.79 Å². The lowest BCUT2D eigenvalue weighted by Crippen LogP contribution is -2.02. The Labute approximate surface area is 187 Å². The fourth-order valence-corrected chi connectivity index (χ4v) is 4.26. The van der Waals surface area contributed by atoms with Crippen LogP contribution in [0.2, 0.25) is 5.02 Å². The number of hydrogen-bond acceptors (Lipinski definition) is 5. The van der Waals surface area contributed by atoms with Crippen molar-refractivity contribution in [1.82, 2.24) is 0 Å². The second-order valence-corrected chi connectivity index (χ2v) is 8.46. The summed E-state index contributed by atoms with van der Waals surface area (Å²) < 4.78 is 6.02. The van der Waals surface area contributed by atoms with Gasteiger partial charge in [-0.15, -0.1) is 16.9 Å². The number of carbonyl (C=O) groups is 1. The lowest BCUT2D eigenvalue weighted by molar-refractivity contribution is -0.136. The molecule has 30 heavy (non-hydrogen) atoms. The van der Waals surface area contributed by atoms with Gasteiger partial charge in [0.15, 0.2) is 0 Å². The van der Waals surface area contributed by atoms with Crippen molar-refractivity contribution in [2.24, 2.45) is 5.16 Å². The lowest BCUT2D eigenvalue weighted by atomic mass is 10.0. The number of thioether (sulfide) groups is 1. The highest BCUT2D eigenvalue weighted by Gasteiger charge is 2.07. The lowest BCUT2D eigenvalue weighted by Gasteiger charge is -2.13. The summed E-state index contributed by atoms with van der Waals surface area (Å²) in [6, 6.07) is 11.7. The van der Waals surface area contributed by atoms with Gasteiger partial charge < -0.3 is 15.1 Å². The number of rotatable bonds is 13. The van der Waals surface area contributed by atoms with Crippen molar-refractivity contribution in [1.29, 1.82) is 0 Å². The van der Waals surface area contributed by atoms with E-state index in [-0.39, 0.29) is 6.42 Å². The molecule has 0 spiro atoms. The number of hydrogen-bond donors (Lipinski definition) is 2. The van der Waals surface area contributed by atoms with Crippen molar-refractivity contribution in [3.8, 4) is 5.75 Å². The van der Waals surface area contributed by atoms with Crippen molar-refractivity contribution >= 4 is 35.5 Å². The molecule has 162 valence electrons. The van der Waals surface area contributed by atoms with E-state index in [1.165, 1.54) is 17.3 Å². The molecule has 2 rings (SSSR count). The molecule has 0 bridgehead atoms. The zero-order valence-electron chi connectivity index (χ0n) is 17.1. The van der Waals surface area contributed by atoms with Crippen LogP contribution in [0.3, 0.4) is 0 Å². The van der Waals surface area contributed by atoms with Crippen LogP contribution >= 0.6 is 23.4 Å². The molecule has 7 heteroatoms. The Morgan fingerprint density at radius 3 is 2.70 bits per heavy atom. The molecule has 0 heterocycles. The first-order valence-electron chi connectivity index (χ1n) is 10.1. The number of aliphatic carboxylic acids is 1. The molecular weight excluding hydrogens is 422 g/mol. The Hall–Kier alpha value is -2.18. The monoisotopic (exact) mass is 449 g/mol. The van der Waals surface area contributed by atoms with E-state index in [4.69, 9.17) is 26.7 Å². The predicted molar refractivity (Wildman–Crippen MR) is 123 cm³/mol. The number of benzene rings is 2. The van der Waals surface area contributed by atoms with Crippen molar-refractivity contribution in [2.75, 3.05) is 12.4 Å². The fraction of sp³-hybridized carbons (Fsp3) is 0.391. The van der Waals surface area contributed by atoms with Crippen LogP contribution in [0.4, 0.5) is 0 Å². The van der Waals surface area contributed by atoms with E-state index in [0.29, 0.717) is 23.6 Å². The summed E-state index contributed by atoms with van der Waals surface area (Å²) in [4.78, 5) is 11.7. The molecule has 0 saturated carbocycles. The van der Waals surface area contributed by atoms with Crippen LogP contribution < -0.4 is 4.74 Å². The largest absolute Gasteiger partial charge is 0.493 e. The number of oxime groups is 1. The molecule has 0 aliphatic heterocycles. The first-order chi connectivity index (χ1) is 14.5. The maximum atomic E-state index is 10.8. The van der Waals surface area contributed by atoms with Crippen LogP contribution in [0.5, 0.6) is 5.75 Å². The average molecular weight is 450 g/mol. The zero-order valence-corrected chi connectivity index (χ0v) is 18.7. The van der Waals surface area contributed by atoms with Crippen LogP contribution in [0.1, 0.15) is 42.9 Å². The van der Waals surface area contributed by atoms with Crippen LogP contribution in [-0.2, 0) is 24.1 Å². The maximum Gasteiger partial charge on any atom is 0.307 e. The average Bonchev–Trinajstić information content (AvgIpc) is 2.70. The van der Waals surface area contributed by atoms with Crippen molar-refractivity contribution < 1.29 is 19.8 Å². The molecule has 5 nitrogen and oxygen atoms in total. The predicted octanol–water partition coefficient (Wildman–Crippen LogP) is 5.87. The fourth-order valence-electron chi connectivity index (χ4n) is 3.05. The Morgan fingerprint density at radius 1 is 1.20 bits per heavy atom. The highest BCUT2D eigenvalue weighted by atomic mass is 35.5. The van der Waals surface area contributed by atoms with E-state index in [9.17, 15) is 4.79 Å². The molecule has 0 atom stereocenters. The van der Waals surface area contributed by atoms with E-state index in [2.05, 4.69) is 24.2 Å². The molecular formula is C23H28ClNO4S. The van der Waals surface area contributed by atoms with Crippen LogP contribution in [0.15, 0.2) is 46.4 Å². The van der Waals surface area contributed by atoms with E-state index >= 15 is 0 Å². The first-order valence-corrected chi connectivity index (χ1v) is 11.4. The Bertz CT molecular complexity index is 857. The van der Waals surface area contributed by atoms with Gasteiger partial charge in [-0.1, -0.05) is 43.1 Å². The molecule has 0 aliphatic rings. The van der Waals surface area contributed by atoms with Crippen LogP contribution in [0, 0.1) is 0 Å². The van der Waals surface area contributed by atoms with Gasteiger partial charge in [0.25, 0.3) is 0 Å². The van der Waals surface area contributed by atoms with Gasteiger partial charge in [0.1, 0.15) is 5.75 Å². The molecule has 2 aromatic rings. The van der Waals surface area contributed by atoms with Crippen molar-refractivity contribution in [2.45, 2.75) is 50.3 Å². The molecule has 0 aromatic heterocycles. The molecule has 2 N–H and O–H groups in total. The number of ether oxygens (including phenoxy) is 1. The third kappa shape index (κ3) is 8.28. The van der Waals surface area contributed by atoms with Gasteiger partial charge in [0, 0.05) is 16.9 Å². The third-order valence-corrected chi connectivity index (χ3v) is 6.03. The zero-order chi connectivity index (χ0) is 21.8. The molecule has 2 aromatic carbocycles. The molecule has 0 amide bonds. The highest BCUT2D eigenvalue weighted by molar-refractivity contribution is 7.99. The summed E-state index contributed by atoms with van der Waals surface area (Å²) in [6.07, 6.45) is 5.91. The van der Waals surface area contributed by atoms with Gasteiger partial charge in [0.05, 0.1) is 18.1 Å². The third-order valence-electron chi connectivity index (χ3n) is 4.44. The van der Waals surface area contributed by atoms with Gasteiger partial charge in [0.2, 0.25) is 0 Å². The Balaban J connectivity index is 1.82. The second-order valence-electron chi connectivity index (χ2n) is 6.91. The van der Waals surface area contributed by atoms with Gasteiger partial charge in [-0.05, 0) is 60.6 Å². The quantitative estimate of drug-likeness (QED) is 0.131. The summed E-state index contributed by atoms with van der Waals surface area (Å²) in [5.74, 6) is 0.926. The van der Waals surface area contributed by atoms with Gasteiger partial charge >= 0.3 is 5.97 Å². The van der Waals surface area contributed by atoms with Crippen LogP contribution in [-0.4, -0.2) is 34.9 Å². The van der Waals surface area contributed by atoms with Gasteiger partial charge in [-0.2, -0.15) is 0 Å². The molecule has 0 radical (unpaired) electrons. The number of halogens is 1. The van der Waals surface area contributed by atoms with E-state index < -0.39 is 5.97 Å². The Morgan fingerprint density at radius 2 is 2.00 bits per heavy atom. The normalized spacial score (nSPS) is 11.1. The summed E-state index contributed by atoms with van der Waals surface area (Å²) in [5, 5.41) is 21.0. The SMILES string of the molecule is CCCc1cc(CCC=NO)ccc1OCCCSc1ccc(CC(=O)O)cc1Cl. The minimum absolute atomic E-state index is 0.0214. The standard InChI is InChI=1S/C23H28ClNO4S/c1-2-5-19-14-17(6-3-11-25-28)7-9-21(19)29-12-4-13-30-22-10-8-18(15-20(22)24)16-23(26)27/h7-11,14-15,28H,2-6,12-13,16H2,1H3,(H,26,27). The smallest absolute Gasteiger partial charge is 0.307 e. The minimum atomic E-state index is -0.863. The van der Waals surface area contributed by atoms with Crippen molar-refractivity contribution in [3.63, 3.8) is 0 Å². The Kier molecular flexibility index (Phi) is 10.6. The molecule has 0 aliphatic carbocycles. The first kappa shape index (κ1) is 24.1. The van der Waals surface area contributed by atoms with Crippen molar-refractivity contribution in [3.05, 3.63) is 58.1 Å². The summed E-state index contributed by atoms with van der Waals surface area (Å²) in [7, 11) is 0. The van der Waals surface area contributed by atoms with E-state index in [0.717, 1.165) is 42.1 Å². The molecule has 0 unspecified atom stereocenters. The maximum absolute atomic E-state index is 10.8. The topological polar surface area (TPSA) is 79.1 Å². The van der Waals surface area contributed by atoms with Crippen LogP contribution in [0.25, 0.3) is 0 Å². The number of aryl methyl sites for hydroxylation is 2. The highest BCUT2D eigenvalue weighted by Crippen LogP contribution is 2.29. The number of carboxylic acids is 1. The molecule has 0 saturated heterocycles.